The Balaban J connectivity index is 1.64. The summed E-state index contributed by atoms with van der Waals surface area (Å²) >= 11 is 1.67. The molecule has 2 aromatic rings. The smallest absolute Gasteiger partial charge is 0.493 e. The molecule has 1 heterocycles. The van der Waals surface area contributed by atoms with Crippen LogP contribution in [0.1, 0.15) is 6.42 Å². The van der Waals surface area contributed by atoms with Gasteiger partial charge in [-0.25, -0.2) is 0 Å². The highest BCUT2D eigenvalue weighted by atomic mass is 32.2. The van der Waals surface area contributed by atoms with E-state index in [1.165, 1.54) is 19.2 Å². The second kappa shape index (κ2) is 10.0. The van der Waals surface area contributed by atoms with Crippen molar-refractivity contribution in [3.05, 3.63) is 42.5 Å². The summed E-state index contributed by atoms with van der Waals surface area (Å²) in [6.45, 7) is 0.983. The van der Waals surface area contributed by atoms with Gasteiger partial charge >= 0.3 is 6.36 Å². The van der Waals surface area contributed by atoms with E-state index < -0.39 is 12.5 Å². The number of hydrogen-bond donors (Lipinski definition) is 0. The molecule has 0 N–H and O–H groups in total. The van der Waals surface area contributed by atoms with E-state index in [1.54, 1.807) is 34.9 Å². The lowest BCUT2D eigenvalue weighted by Gasteiger charge is -2.19. The summed E-state index contributed by atoms with van der Waals surface area (Å²) < 4.78 is 57.4. The van der Waals surface area contributed by atoms with E-state index in [2.05, 4.69) is 4.74 Å². The Kier molecular flexibility index (Phi) is 7.42. The van der Waals surface area contributed by atoms with Gasteiger partial charge in [-0.05, 0) is 42.7 Å². The zero-order valence-electron chi connectivity index (χ0n) is 17.0. The highest BCUT2D eigenvalue weighted by molar-refractivity contribution is 7.98. The quantitative estimate of drug-likeness (QED) is 0.516. The molecule has 0 aromatic heterocycles. The van der Waals surface area contributed by atoms with Crippen molar-refractivity contribution in [1.29, 1.82) is 0 Å². The molecular formula is C21H22F3NO5S. The molecule has 168 valence electrons. The summed E-state index contributed by atoms with van der Waals surface area (Å²) in [7, 11) is 1.53. The molecule has 0 radical (unpaired) electrons. The van der Waals surface area contributed by atoms with E-state index in [9.17, 15) is 18.0 Å². The number of hydrogen-bond acceptors (Lipinski definition) is 6. The number of anilines is 1. The maximum atomic E-state index is 12.8. The molecule has 0 spiro atoms. The molecule has 31 heavy (non-hydrogen) atoms. The van der Waals surface area contributed by atoms with Crippen LogP contribution in [-0.4, -0.2) is 50.6 Å². The number of carbonyl (C=O) groups excluding carboxylic acids is 1. The maximum absolute atomic E-state index is 12.8. The fourth-order valence-electron chi connectivity index (χ4n) is 3.08. The van der Waals surface area contributed by atoms with Crippen LogP contribution in [0, 0.1) is 0 Å². The molecule has 1 aliphatic heterocycles. The summed E-state index contributed by atoms with van der Waals surface area (Å²) in [6, 6.07) is 10.2. The zero-order valence-corrected chi connectivity index (χ0v) is 17.8. The van der Waals surface area contributed by atoms with Gasteiger partial charge in [0.15, 0.2) is 17.6 Å². The topological polar surface area (TPSA) is 57.2 Å². The zero-order chi connectivity index (χ0) is 22.4. The van der Waals surface area contributed by atoms with Crippen molar-refractivity contribution in [2.75, 3.05) is 37.2 Å². The maximum Gasteiger partial charge on any atom is 0.573 e. The molecule has 1 amide bonds. The van der Waals surface area contributed by atoms with E-state index in [4.69, 9.17) is 14.2 Å². The van der Waals surface area contributed by atoms with Crippen LogP contribution >= 0.6 is 11.8 Å². The van der Waals surface area contributed by atoms with Gasteiger partial charge in [-0.1, -0.05) is 0 Å². The molecule has 1 saturated heterocycles. The van der Waals surface area contributed by atoms with Crippen LogP contribution in [0.15, 0.2) is 42.5 Å². The number of benzene rings is 2. The van der Waals surface area contributed by atoms with Crippen molar-refractivity contribution in [3.63, 3.8) is 0 Å². The molecule has 0 bridgehead atoms. The number of nitrogens with zero attached hydrogens (tertiary/aromatic N) is 1. The summed E-state index contributed by atoms with van der Waals surface area (Å²) in [4.78, 5) is 14.4. The first-order valence-electron chi connectivity index (χ1n) is 9.44. The Morgan fingerprint density at radius 2 is 1.81 bits per heavy atom. The number of thioether (sulfide) groups is 1. The first kappa shape index (κ1) is 22.9. The average molecular weight is 457 g/mol. The van der Waals surface area contributed by atoms with Crippen LogP contribution in [0.2, 0.25) is 0 Å². The molecule has 1 atom stereocenters. The number of rotatable bonds is 9. The van der Waals surface area contributed by atoms with Gasteiger partial charge in [-0.15, -0.1) is 13.2 Å². The first-order valence-corrected chi connectivity index (χ1v) is 10.8. The van der Waals surface area contributed by atoms with Crippen LogP contribution < -0.4 is 23.8 Å². The van der Waals surface area contributed by atoms with Gasteiger partial charge in [-0.3, -0.25) is 4.79 Å². The lowest BCUT2D eigenvalue weighted by molar-refractivity contribution is -0.274. The van der Waals surface area contributed by atoms with E-state index in [0.717, 1.165) is 17.9 Å². The van der Waals surface area contributed by atoms with Crippen LogP contribution in [-0.2, 0) is 4.79 Å². The minimum Gasteiger partial charge on any atom is -0.493 e. The standard InChI is InChI=1S/C21H22F3NO5S/c1-27-19-13-14(3-8-17(19)28-11-12-31-2)25-10-9-18(20(25)26)29-15-4-6-16(7-5-15)30-21(22,23)24/h3-8,13,18H,9-12H2,1-2H3. The summed E-state index contributed by atoms with van der Waals surface area (Å²) in [5, 5.41) is 0. The van der Waals surface area contributed by atoms with E-state index in [0.29, 0.717) is 36.8 Å². The molecular weight excluding hydrogens is 435 g/mol. The van der Waals surface area contributed by atoms with Crippen LogP contribution in [0.3, 0.4) is 0 Å². The minimum absolute atomic E-state index is 0.242. The number of amides is 1. The Bertz CT molecular complexity index is 892. The summed E-state index contributed by atoms with van der Waals surface area (Å²) in [6.07, 6.45) is -3.07. The molecule has 3 rings (SSSR count). The second-order valence-corrected chi connectivity index (χ2v) is 7.57. The van der Waals surface area contributed by atoms with Gasteiger partial charge in [0.25, 0.3) is 5.91 Å². The molecule has 1 fully saturated rings. The Labute approximate surface area is 182 Å². The van der Waals surface area contributed by atoms with Crippen molar-refractivity contribution in [2.45, 2.75) is 18.9 Å². The highest BCUT2D eigenvalue weighted by Gasteiger charge is 2.35. The number of carbonyl (C=O) groups is 1. The lowest BCUT2D eigenvalue weighted by Crippen LogP contribution is -2.32. The third kappa shape index (κ3) is 6.13. The first-order chi connectivity index (χ1) is 14.8. The highest BCUT2D eigenvalue weighted by Crippen LogP contribution is 2.34. The Morgan fingerprint density at radius 1 is 1.10 bits per heavy atom. The number of ether oxygens (including phenoxy) is 4. The molecule has 6 nitrogen and oxygen atoms in total. The summed E-state index contributed by atoms with van der Waals surface area (Å²) in [5.74, 6) is 1.65. The monoisotopic (exact) mass is 457 g/mol. The molecule has 10 heteroatoms. The molecule has 0 saturated carbocycles. The predicted molar refractivity (Wildman–Crippen MR) is 111 cm³/mol. The number of halogens is 3. The van der Waals surface area contributed by atoms with Crippen LogP contribution in [0.25, 0.3) is 0 Å². The molecule has 1 aliphatic rings. The van der Waals surface area contributed by atoms with Crippen molar-refractivity contribution in [1.82, 2.24) is 0 Å². The van der Waals surface area contributed by atoms with E-state index in [-0.39, 0.29) is 17.4 Å². The van der Waals surface area contributed by atoms with Gasteiger partial charge in [0.1, 0.15) is 11.5 Å². The Hall–Kier alpha value is -2.75. The fourth-order valence-corrected chi connectivity index (χ4v) is 3.33. The fraction of sp³-hybridized carbons (Fsp3) is 0.381. The van der Waals surface area contributed by atoms with E-state index in [1.807, 2.05) is 6.26 Å². The molecule has 2 aromatic carbocycles. The van der Waals surface area contributed by atoms with Gasteiger partial charge in [0.2, 0.25) is 0 Å². The van der Waals surface area contributed by atoms with Crippen molar-refractivity contribution < 1.29 is 36.9 Å². The minimum atomic E-state index is -4.76. The van der Waals surface area contributed by atoms with Crippen LogP contribution in [0.4, 0.5) is 18.9 Å². The number of alkyl halides is 3. The predicted octanol–water partition coefficient (Wildman–Crippen LogP) is 4.52. The van der Waals surface area contributed by atoms with Gasteiger partial charge in [0, 0.05) is 30.5 Å². The van der Waals surface area contributed by atoms with Gasteiger partial charge in [-0.2, -0.15) is 11.8 Å². The second-order valence-electron chi connectivity index (χ2n) is 6.58. The largest absolute Gasteiger partial charge is 0.573 e. The normalized spacial score (nSPS) is 16.4. The van der Waals surface area contributed by atoms with Crippen molar-refractivity contribution in [2.24, 2.45) is 0 Å². The summed E-state index contributed by atoms with van der Waals surface area (Å²) in [5.41, 5.74) is 0.652. The number of methoxy groups -OCH3 is 1. The Morgan fingerprint density at radius 3 is 2.45 bits per heavy atom. The molecule has 0 aliphatic carbocycles. The van der Waals surface area contributed by atoms with Crippen molar-refractivity contribution in [3.8, 4) is 23.0 Å². The van der Waals surface area contributed by atoms with Gasteiger partial charge < -0.3 is 23.8 Å². The molecule has 1 unspecified atom stereocenters. The van der Waals surface area contributed by atoms with E-state index >= 15 is 0 Å². The third-order valence-corrected chi connectivity index (χ3v) is 5.07. The lowest BCUT2D eigenvalue weighted by atomic mass is 10.2. The van der Waals surface area contributed by atoms with Crippen molar-refractivity contribution >= 4 is 23.4 Å². The van der Waals surface area contributed by atoms with Crippen LogP contribution in [0.5, 0.6) is 23.0 Å². The average Bonchev–Trinajstić information content (AvgIpc) is 3.09. The third-order valence-electron chi connectivity index (χ3n) is 4.50. The SMILES string of the molecule is COc1cc(N2CCC(Oc3ccc(OC(F)(F)F)cc3)C2=O)ccc1OCCSC. The van der Waals surface area contributed by atoms with Gasteiger partial charge in [0.05, 0.1) is 13.7 Å².